The molecule has 78 valence electrons. The highest BCUT2D eigenvalue weighted by atomic mass is 127. The monoisotopic (exact) mass is 315 g/mol. The van der Waals surface area contributed by atoms with Gasteiger partial charge in [-0.2, -0.15) is 4.68 Å². The number of halogens is 1. The lowest BCUT2D eigenvalue weighted by atomic mass is 10.3. The maximum atomic E-state index is 5.48. The van der Waals surface area contributed by atoms with E-state index in [1.54, 1.807) is 4.68 Å². The fourth-order valence-corrected chi connectivity index (χ4v) is 1.63. The summed E-state index contributed by atoms with van der Waals surface area (Å²) in [4.78, 5) is 0. The van der Waals surface area contributed by atoms with E-state index in [2.05, 4.69) is 38.1 Å². The number of rotatable bonds is 3. The largest absolute Gasteiger partial charge is 0.330 e. The highest BCUT2D eigenvalue weighted by Gasteiger charge is 2.06. The normalized spacial score (nSPS) is 10.5. The Morgan fingerprint density at radius 1 is 1.27 bits per heavy atom. The van der Waals surface area contributed by atoms with E-state index < -0.39 is 0 Å². The predicted octanol–water partition coefficient (Wildman–Crippen LogP) is 0.768. The van der Waals surface area contributed by atoms with Gasteiger partial charge in [-0.05, 0) is 63.8 Å². The van der Waals surface area contributed by atoms with Gasteiger partial charge in [-0.25, -0.2) is 0 Å². The molecule has 0 aliphatic heterocycles. The molecule has 0 aliphatic rings. The Bertz CT molecular complexity index is 436. The van der Waals surface area contributed by atoms with Gasteiger partial charge in [0.1, 0.15) is 0 Å². The van der Waals surface area contributed by atoms with Crippen LogP contribution in [0.2, 0.25) is 0 Å². The Balaban J connectivity index is 2.36. The Hall–Kier alpha value is -1.02. The molecule has 0 amide bonds. The molecule has 6 heteroatoms. The minimum absolute atomic E-state index is 0.546. The summed E-state index contributed by atoms with van der Waals surface area (Å²) in [6.07, 6.45) is 0.680. The van der Waals surface area contributed by atoms with Crippen LogP contribution in [0.25, 0.3) is 5.69 Å². The molecule has 1 aromatic carbocycles. The second-order valence-corrected chi connectivity index (χ2v) is 4.27. The van der Waals surface area contributed by atoms with Gasteiger partial charge in [0.15, 0.2) is 5.82 Å². The molecular formula is C9H10IN5. The second-order valence-electron chi connectivity index (χ2n) is 3.02. The van der Waals surface area contributed by atoms with Gasteiger partial charge in [-0.1, -0.05) is 0 Å². The zero-order valence-electron chi connectivity index (χ0n) is 7.97. The zero-order valence-corrected chi connectivity index (χ0v) is 10.1. The van der Waals surface area contributed by atoms with Gasteiger partial charge in [-0.3, -0.25) is 0 Å². The van der Waals surface area contributed by atoms with Crippen LogP contribution in [0.3, 0.4) is 0 Å². The first-order valence-corrected chi connectivity index (χ1v) is 5.62. The lowest BCUT2D eigenvalue weighted by Gasteiger charge is -2.03. The quantitative estimate of drug-likeness (QED) is 0.850. The van der Waals surface area contributed by atoms with Crippen LogP contribution >= 0.6 is 22.6 Å². The van der Waals surface area contributed by atoms with Crippen LogP contribution in [0, 0.1) is 3.57 Å². The average molecular weight is 315 g/mol. The molecule has 0 bridgehead atoms. The Morgan fingerprint density at radius 2 is 2.00 bits per heavy atom. The van der Waals surface area contributed by atoms with Crippen molar-refractivity contribution in [2.45, 2.75) is 6.42 Å². The molecule has 0 fully saturated rings. The van der Waals surface area contributed by atoms with Crippen molar-refractivity contribution in [2.75, 3.05) is 6.54 Å². The van der Waals surface area contributed by atoms with Crippen LogP contribution in [0.5, 0.6) is 0 Å². The SMILES string of the molecule is NCCc1nnnn1-c1ccc(I)cc1. The minimum atomic E-state index is 0.546. The van der Waals surface area contributed by atoms with Gasteiger partial charge >= 0.3 is 0 Å². The highest BCUT2D eigenvalue weighted by molar-refractivity contribution is 14.1. The van der Waals surface area contributed by atoms with Gasteiger partial charge in [0.05, 0.1) is 5.69 Å². The maximum absolute atomic E-state index is 5.48. The van der Waals surface area contributed by atoms with E-state index in [9.17, 15) is 0 Å². The van der Waals surface area contributed by atoms with Crippen LogP contribution in [0.15, 0.2) is 24.3 Å². The standard InChI is InChI=1S/C9H10IN5/c10-7-1-3-8(4-2-7)15-9(5-6-11)12-13-14-15/h1-4H,5-6,11H2. The number of hydrogen-bond donors (Lipinski definition) is 1. The van der Waals surface area contributed by atoms with E-state index in [0.717, 1.165) is 11.5 Å². The van der Waals surface area contributed by atoms with Crippen molar-refractivity contribution in [2.24, 2.45) is 5.73 Å². The van der Waals surface area contributed by atoms with Crippen molar-refractivity contribution < 1.29 is 0 Å². The first-order chi connectivity index (χ1) is 7.31. The van der Waals surface area contributed by atoms with Crippen LogP contribution < -0.4 is 5.73 Å². The molecule has 2 rings (SSSR count). The molecule has 1 heterocycles. The van der Waals surface area contributed by atoms with Gasteiger partial charge < -0.3 is 5.73 Å². The second kappa shape index (κ2) is 4.67. The lowest BCUT2D eigenvalue weighted by Crippen LogP contribution is -2.09. The summed E-state index contributed by atoms with van der Waals surface area (Å²) in [7, 11) is 0. The first-order valence-electron chi connectivity index (χ1n) is 4.54. The van der Waals surface area contributed by atoms with Gasteiger partial charge in [0, 0.05) is 9.99 Å². The third-order valence-corrected chi connectivity index (χ3v) is 2.69. The molecule has 5 nitrogen and oxygen atoms in total. The number of aromatic nitrogens is 4. The van der Waals surface area contributed by atoms with E-state index in [-0.39, 0.29) is 0 Å². The Labute approximate surface area is 101 Å². The third-order valence-electron chi connectivity index (χ3n) is 1.97. The van der Waals surface area contributed by atoms with E-state index >= 15 is 0 Å². The topological polar surface area (TPSA) is 69.6 Å². The minimum Gasteiger partial charge on any atom is -0.330 e. The number of nitrogens with two attached hydrogens (primary N) is 1. The third kappa shape index (κ3) is 2.32. The molecule has 0 atom stereocenters. The smallest absolute Gasteiger partial charge is 0.157 e. The van der Waals surface area contributed by atoms with E-state index in [0.29, 0.717) is 13.0 Å². The van der Waals surface area contributed by atoms with Gasteiger partial charge in [0.2, 0.25) is 0 Å². The molecular weight excluding hydrogens is 305 g/mol. The molecule has 0 radical (unpaired) electrons. The summed E-state index contributed by atoms with van der Waals surface area (Å²) in [5, 5.41) is 11.5. The van der Waals surface area contributed by atoms with E-state index in [1.807, 2.05) is 24.3 Å². The van der Waals surface area contributed by atoms with Crippen LogP contribution in [0.4, 0.5) is 0 Å². The Morgan fingerprint density at radius 3 is 2.67 bits per heavy atom. The molecule has 15 heavy (non-hydrogen) atoms. The van der Waals surface area contributed by atoms with E-state index in [1.165, 1.54) is 3.57 Å². The Kier molecular flexibility index (Phi) is 3.27. The van der Waals surface area contributed by atoms with Crippen LogP contribution in [-0.4, -0.2) is 26.8 Å². The van der Waals surface area contributed by atoms with Crippen molar-refractivity contribution in [3.05, 3.63) is 33.7 Å². The van der Waals surface area contributed by atoms with Crippen LogP contribution in [0.1, 0.15) is 5.82 Å². The molecule has 0 saturated carbocycles. The summed E-state index contributed by atoms with van der Waals surface area (Å²) >= 11 is 2.26. The molecule has 0 aliphatic carbocycles. The summed E-state index contributed by atoms with van der Waals surface area (Å²) in [6.45, 7) is 0.546. The summed E-state index contributed by atoms with van der Waals surface area (Å²) in [5.41, 5.74) is 6.44. The lowest BCUT2D eigenvalue weighted by molar-refractivity contribution is 0.755. The van der Waals surface area contributed by atoms with Crippen molar-refractivity contribution in [3.8, 4) is 5.69 Å². The van der Waals surface area contributed by atoms with Crippen molar-refractivity contribution in [1.82, 2.24) is 20.2 Å². The maximum Gasteiger partial charge on any atom is 0.157 e. The molecule has 2 aromatic rings. The van der Waals surface area contributed by atoms with Crippen molar-refractivity contribution >= 4 is 22.6 Å². The highest BCUT2D eigenvalue weighted by Crippen LogP contribution is 2.11. The van der Waals surface area contributed by atoms with Gasteiger partial charge in [-0.15, -0.1) is 5.10 Å². The number of hydrogen-bond acceptors (Lipinski definition) is 4. The predicted molar refractivity (Wildman–Crippen MR) is 64.6 cm³/mol. The van der Waals surface area contributed by atoms with E-state index in [4.69, 9.17) is 5.73 Å². The van der Waals surface area contributed by atoms with Gasteiger partial charge in [0.25, 0.3) is 0 Å². The zero-order chi connectivity index (χ0) is 10.7. The van der Waals surface area contributed by atoms with Crippen LogP contribution in [-0.2, 0) is 6.42 Å². The average Bonchev–Trinajstić information content (AvgIpc) is 2.68. The molecule has 1 aromatic heterocycles. The molecule has 0 spiro atoms. The first kappa shape index (κ1) is 10.5. The summed E-state index contributed by atoms with van der Waals surface area (Å²) in [5.74, 6) is 0.790. The fourth-order valence-electron chi connectivity index (χ4n) is 1.27. The number of tetrazole rings is 1. The summed E-state index contributed by atoms with van der Waals surface area (Å²) in [6, 6.07) is 8.00. The number of benzene rings is 1. The summed E-state index contributed by atoms with van der Waals surface area (Å²) < 4.78 is 2.90. The molecule has 2 N–H and O–H groups in total. The molecule has 0 saturated heterocycles. The van der Waals surface area contributed by atoms with Crippen molar-refractivity contribution in [3.63, 3.8) is 0 Å². The van der Waals surface area contributed by atoms with Crippen molar-refractivity contribution in [1.29, 1.82) is 0 Å². The number of nitrogens with zero attached hydrogens (tertiary/aromatic N) is 4. The molecule has 0 unspecified atom stereocenters. The fraction of sp³-hybridized carbons (Fsp3) is 0.222.